The van der Waals surface area contributed by atoms with Gasteiger partial charge >= 0.3 is 5.97 Å². The highest BCUT2D eigenvalue weighted by Crippen LogP contribution is 2.39. The lowest BCUT2D eigenvalue weighted by molar-refractivity contribution is -0.386. The van der Waals surface area contributed by atoms with E-state index < -0.39 is 155 Å². The van der Waals surface area contributed by atoms with Crippen molar-refractivity contribution < 1.29 is 104 Å². The third kappa shape index (κ3) is 35.5. The zero-order valence-corrected chi connectivity index (χ0v) is 60.0. The van der Waals surface area contributed by atoms with E-state index in [1.54, 1.807) is 6.08 Å². The van der Waals surface area contributed by atoms with Crippen molar-refractivity contribution in [2.45, 2.75) is 413 Å². The van der Waals surface area contributed by atoms with Gasteiger partial charge in [-0.25, -0.2) is 4.79 Å². The summed E-state index contributed by atoms with van der Waals surface area (Å²) in [7, 11) is 0. The molecule has 570 valence electrons. The van der Waals surface area contributed by atoms with Gasteiger partial charge in [0.2, 0.25) is 11.8 Å². The molecule has 0 aromatic carbocycles. The number of carbonyl (C=O) groups excluding carboxylic acids is 2. The highest BCUT2D eigenvalue weighted by Gasteiger charge is 2.60. The van der Waals surface area contributed by atoms with Crippen LogP contribution in [0.4, 0.5) is 0 Å². The van der Waals surface area contributed by atoms with E-state index >= 15 is 0 Å². The fourth-order valence-corrected chi connectivity index (χ4v) is 13.6. The Kier molecular flexibility index (Phi) is 49.5. The predicted molar refractivity (Wildman–Crippen MR) is 371 cm³/mol. The number of carboxylic acid groups (broad SMARTS) is 1. The summed E-state index contributed by atoms with van der Waals surface area (Å²) in [6, 6.07) is -2.61. The van der Waals surface area contributed by atoms with E-state index in [1.165, 1.54) is 212 Å². The molecule has 0 radical (unpaired) electrons. The van der Waals surface area contributed by atoms with Crippen LogP contribution in [0.3, 0.4) is 0 Å². The molecule has 18 atom stereocenters. The SMILES string of the molecule is CCCCCCCCCCC/C=C/C(O)C(COC1OC(CO)C(OC2OC(CO)C(O)C(OC3(C(=O)O)CC(O)C(NC(C)=O)C(C(O)C(O)CO)O3)C2O)C(O)C1O)NC(=O)CCCCCCCCCCCCCCCCCCCCCCCCCCCCCCCCCC. The summed E-state index contributed by atoms with van der Waals surface area (Å²) in [6.07, 6.45) is 27.3. The van der Waals surface area contributed by atoms with Crippen molar-refractivity contribution in [3.8, 4) is 0 Å². The van der Waals surface area contributed by atoms with Gasteiger partial charge in [-0.1, -0.05) is 276 Å². The van der Waals surface area contributed by atoms with Gasteiger partial charge in [-0.15, -0.1) is 0 Å². The lowest BCUT2D eigenvalue weighted by atomic mass is 9.88. The standard InChI is InChI=1S/C74H138N2O21/c1-4-6-8-10-12-14-16-17-18-19-20-21-22-23-24-25-26-27-28-29-30-31-32-33-34-35-36-38-40-42-44-46-48-61(84)76-55(56(81)47-45-43-41-39-37-15-13-11-9-7-5-2)53-92-71-66(88)65(87)68(60(52-79)94-71)95-72-67(89)70(64(86)59(51-78)93-72)97-74(73(90)91)49-57(82)62(75-54(3)80)69(96-74)63(85)58(83)50-77/h45,47,55-60,62-72,77-79,81-83,85-89H,4-44,46,48-53H2,1-3H3,(H,75,80)(H,76,84)(H,90,91)/b47-45+. The minimum absolute atomic E-state index is 0.205. The number of carbonyl (C=O) groups is 3. The van der Waals surface area contributed by atoms with Gasteiger partial charge in [0, 0.05) is 19.8 Å². The van der Waals surface area contributed by atoms with Crippen LogP contribution in [0.15, 0.2) is 12.2 Å². The Morgan fingerprint density at radius 2 is 0.959 bits per heavy atom. The second-order valence-corrected chi connectivity index (χ2v) is 28.2. The maximum Gasteiger partial charge on any atom is 0.364 e. The van der Waals surface area contributed by atoms with E-state index in [0.29, 0.717) is 12.8 Å². The van der Waals surface area contributed by atoms with Crippen LogP contribution in [0.1, 0.15) is 303 Å². The molecule has 3 aliphatic rings. The van der Waals surface area contributed by atoms with E-state index in [0.717, 1.165) is 51.9 Å². The maximum atomic E-state index is 13.5. The molecule has 3 rings (SSSR count). The molecule has 0 spiro atoms. The predicted octanol–water partition coefficient (Wildman–Crippen LogP) is 9.02. The van der Waals surface area contributed by atoms with Crippen LogP contribution in [0.5, 0.6) is 0 Å². The number of aliphatic hydroxyl groups is 11. The lowest BCUT2D eigenvalue weighted by Gasteiger charge is -2.50. The molecular weight excluding hydrogens is 1250 g/mol. The maximum absolute atomic E-state index is 13.5. The summed E-state index contributed by atoms with van der Waals surface area (Å²) in [4.78, 5) is 38.6. The van der Waals surface area contributed by atoms with Gasteiger partial charge in [-0.2, -0.15) is 0 Å². The second-order valence-electron chi connectivity index (χ2n) is 28.2. The van der Waals surface area contributed by atoms with Crippen molar-refractivity contribution in [1.82, 2.24) is 10.6 Å². The summed E-state index contributed by atoms with van der Waals surface area (Å²) in [6.45, 7) is 2.14. The minimum atomic E-state index is -3.08. The summed E-state index contributed by atoms with van der Waals surface area (Å²) >= 11 is 0. The van der Waals surface area contributed by atoms with Gasteiger partial charge in [-0.3, -0.25) is 9.59 Å². The van der Waals surface area contributed by atoms with Crippen molar-refractivity contribution in [3.63, 3.8) is 0 Å². The molecule has 23 nitrogen and oxygen atoms in total. The van der Waals surface area contributed by atoms with Gasteiger partial charge in [-0.05, 0) is 19.3 Å². The van der Waals surface area contributed by atoms with Crippen LogP contribution in [0.25, 0.3) is 0 Å². The molecule has 0 aliphatic carbocycles. The molecule has 14 N–H and O–H groups in total. The monoisotopic (exact) mass is 1390 g/mol. The van der Waals surface area contributed by atoms with E-state index in [1.807, 2.05) is 6.08 Å². The Bertz CT molecular complexity index is 2000. The van der Waals surface area contributed by atoms with E-state index in [2.05, 4.69) is 24.5 Å². The highest BCUT2D eigenvalue weighted by molar-refractivity contribution is 5.77. The Balaban J connectivity index is 1.44. The zero-order chi connectivity index (χ0) is 71.1. The molecule has 18 unspecified atom stereocenters. The molecule has 3 heterocycles. The van der Waals surface area contributed by atoms with Gasteiger partial charge in [0.25, 0.3) is 5.79 Å². The molecule has 3 fully saturated rings. The molecule has 3 aliphatic heterocycles. The zero-order valence-electron chi connectivity index (χ0n) is 60.0. The normalized spacial score (nSPS) is 27.4. The number of hydrogen-bond donors (Lipinski definition) is 14. The number of hydrogen-bond acceptors (Lipinski definition) is 20. The average Bonchev–Trinajstić information content (AvgIpc) is 0.758. The number of nitrogens with one attached hydrogen (secondary N) is 2. The number of ether oxygens (including phenoxy) is 6. The third-order valence-electron chi connectivity index (χ3n) is 19.7. The van der Waals surface area contributed by atoms with Crippen LogP contribution in [-0.2, 0) is 42.8 Å². The largest absolute Gasteiger partial charge is 0.477 e. The van der Waals surface area contributed by atoms with Gasteiger partial charge < -0.3 is 100 Å². The summed E-state index contributed by atoms with van der Waals surface area (Å²) in [5, 5.41) is 136. The van der Waals surface area contributed by atoms with Crippen LogP contribution < -0.4 is 10.6 Å². The van der Waals surface area contributed by atoms with Gasteiger partial charge in [0.05, 0.1) is 50.7 Å². The Hall–Kier alpha value is -2.53. The van der Waals surface area contributed by atoms with Crippen LogP contribution in [0.2, 0.25) is 0 Å². The molecule has 2 amide bonds. The topological polar surface area (TPSA) is 373 Å². The number of aliphatic hydroxyl groups excluding tert-OH is 11. The van der Waals surface area contributed by atoms with E-state index in [4.69, 9.17) is 28.4 Å². The Morgan fingerprint density at radius 3 is 1.37 bits per heavy atom. The van der Waals surface area contributed by atoms with Crippen molar-refractivity contribution in [2.75, 3.05) is 26.4 Å². The summed E-state index contributed by atoms with van der Waals surface area (Å²) in [5.74, 6) is -6.13. The van der Waals surface area contributed by atoms with Crippen molar-refractivity contribution >= 4 is 17.8 Å². The van der Waals surface area contributed by atoms with E-state index in [9.17, 15) is 75.7 Å². The number of amides is 2. The average molecular weight is 1390 g/mol. The molecule has 0 aromatic rings. The Labute approximate surface area is 581 Å². The molecule has 23 heteroatoms. The lowest BCUT2D eigenvalue weighted by Crippen LogP contribution is -2.70. The van der Waals surface area contributed by atoms with Gasteiger partial charge in [0.15, 0.2) is 12.6 Å². The first-order valence-corrected chi connectivity index (χ1v) is 38.6. The van der Waals surface area contributed by atoms with Crippen LogP contribution in [0, 0.1) is 0 Å². The van der Waals surface area contributed by atoms with Crippen molar-refractivity contribution in [1.29, 1.82) is 0 Å². The molecule has 0 saturated carbocycles. The minimum Gasteiger partial charge on any atom is -0.477 e. The van der Waals surface area contributed by atoms with Crippen LogP contribution >= 0.6 is 0 Å². The number of aliphatic carboxylic acids is 1. The molecular formula is C74H138N2O21. The quantitative estimate of drug-likeness (QED) is 0.0199. The highest BCUT2D eigenvalue weighted by atomic mass is 16.8. The molecule has 0 aromatic heterocycles. The van der Waals surface area contributed by atoms with Crippen molar-refractivity contribution in [3.05, 3.63) is 12.2 Å². The summed E-state index contributed by atoms with van der Waals surface area (Å²) in [5.41, 5.74) is 0. The number of carboxylic acids is 1. The number of rotatable bonds is 60. The first-order valence-electron chi connectivity index (χ1n) is 38.6. The smallest absolute Gasteiger partial charge is 0.364 e. The molecule has 3 saturated heterocycles. The first-order chi connectivity index (χ1) is 46.9. The molecule has 97 heavy (non-hydrogen) atoms. The first kappa shape index (κ1) is 88.7. The van der Waals surface area contributed by atoms with Crippen molar-refractivity contribution in [2.24, 2.45) is 0 Å². The molecule has 0 bridgehead atoms. The summed E-state index contributed by atoms with van der Waals surface area (Å²) < 4.78 is 34.8. The third-order valence-corrected chi connectivity index (χ3v) is 19.7. The number of unbranched alkanes of at least 4 members (excludes halogenated alkanes) is 40. The fourth-order valence-electron chi connectivity index (χ4n) is 13.6. The second kappa shape index (κ2) is 54.2. The fraction of sp³-hybridized carbons (Fsp3) is 0.932. The van der Waals surface area contributed by atoms with Crippen LogP contribution in [-0.4, -0.2) is 215 Å². The van der Waals surface area contributed by atoms with Gasteiger partial charge in [0.1, 0.15) is 67.1 Å². The van der Waals surface area contributed by atoms with E-state index in [-0.39, 0.29) is 12.3 Å². The Morgan fingerprint density at radius 1 is 0.536 bits per heavy atom. The number of allylic oxidation sites excluding steroid dienone is 1.